The number of rotatable bonds is 14. The first-order valence-corrected chi connectivity index (χ1v) is 20.2. The molecule has 286 valence electrons. The third-order valence-corrected chi connectivity index (χ3v) is 13.1. The molecule has 52 heavy (non-hydrogen) atoms. The van der Waals surface area contributed by atoms with Gasteiger partial charge in [0, 0.05) is 19.5 Å². The van der Waals surface area contributed by atoms with Gasteiger partial charge in [0.2, 0.25) is 17.6 Å². The lowest BCUT2D eigenvalue weighted by atomic mass is 9.77. The van der Waals surface area contributed by atoms with Crippen LogP contribution in [0.5, 0.6) is 0 Å². The van der Waals surface area contributed by atoms with Gasteiger partial charge in [0.15, 0.2) is 9.84 Å². The van der Waals surface area contributed by atoms with Crippen LogP contribution in [0.3, 0.4) is 0 Å². The molecule has 4 N–H and O–H groups in total. The van der Waals surface area contributed by atoms with Crippen LogP contribution in [0.2, 0.25) is 0 Å². The average Bonchev–Trinajstić information content (AvgIpc) is 3.59. The number of benzene rings is 1. The van der Waals surface area contributed by atoms with Crippen LogP contribution < -0.4 is 21.3 Å². The number of amides is 5. The van der Waals surface area contributed by atoms with E-state index in [1.165, 1.54) is 0 Å². The van der Waals surface area contributed by atoms with Gasteiger partial charge in [-0.25, -0.2) is 13.2 Å². The summed E-state index contributed by atoms with van der Waals surface area (Å²) in [4.78, 5) is 70.6. The van der Waals surface area contributed by atoms with Crippen LogP contribution in [0.15, 0.2) is 35.2 Å². The highest BCUT2D eigenvalue weighted by atomic mass is 32.2. The Balaban J connectivity index is 1.58. The van der Waals surface area contributed by atoms with Gasteiger partial charge in [-0.15, -0.1) is 12.3 Å². The Morgan fingerprint density at radius 2 is 1.67 bits per heavy atom. The fourth-order valence-electron chi connectivity index (χ4n) is 8.33. The number of sulfone groups is 1. The first-order chi connectivity index (χ1) is 24.3. The van der Waals surface area contributed by atoms with Crippen molar-refractivity contribution >= 4 is 39.4 Å². The van der Waals surface area contributed by atoms with Crippen molar-refractivity contribution in [1.82, 2.24) is 26.2 Å². The quantitative estimate of drug-likeness (QED) is 0.127. The van der Waals surface area contributed by atoms with E-state index >= 15 is 0 Å². The summed E-state index contributed by atoms with van der Waals surface area (Å²) in [6.45, 7) is 11.9. The molecule has 1 heterocycles. The zero-order valence-corrected chi connectivity index (χ0v) is 32.4. The Kier molecular flexibility index (Phi) is 12.6. The third kappa shape index (κ3) is 8.99. The van der Waals surface area contributed by atoms with E-state index in [1.807, 2.05) is 27.7 Å². The molecule has 1 aromatic carbocycles. The third-order valence-electron chi connectivity index (χ3n) is 11.2. The minimum Gasteiger partial charge on any atom is -0.348 e. The highest BCUT2D eigenvalue weighted by Crippen LogP contribution is 2.57. The summed E-state index contributed by atoms with van der Waals surface area (Å²) < 4.78 is 27.0. The van der Waals surface area contributed by atoms with Gasteiger partial charge in [-0.05, 0) is 61.0 Å². The second-order valence-electron chi connectivity index (χ2n) is 16.7. The van der Waals surface area contributed by atoms with Crippen LogP contribution in [0.25, 0.3) is 0 Å². The van der Waals surface area contributed by atoms with Crippen LogP contribution in [0.1, 0.15) is 106 Å². The summed E-state index contributed by atoms with van der Waals surface area (Å²) in [5.74, 6) is -0.410. The molecule has 4 rings (SSSR count). The molecular weight excluding hydrogens is 683 g/mol. The molecule has 12 nitrogen and oxygen atoms in total. The number of hydrogen-bond acceptors (Lipinski definition) is 7. The van der Waals surface area contributed by atoms with Gasteiger partial charge in [0.05, 0.1) is 22.2 Å². The topological polar surface area (TPSA) is 171 Å². The summed E-state index contributed by atoms with van der Waals surface area (Å²) in [7, 11) is -3.74. The lowest BCUT2D eigenvalue weighted by Crippen LogP contribution is -2.67. The van der Waals surface area contributed by atoms with Crippen molar-refractivity contribution in [3.8, 4) is 12.3 Å². The molecule has 3 aliphatic rings. The highest BCUT2D eigenvalue weighted by Gasteiger charge is 2.65. The van der Waals surface area contributed by atoms with Crippen molar-refractivity contribution in [3.63, 3.8) is 0 Å². The van der Waals surface area contributed by atoms with Gasteiger partial charge in [-0.1, -0.05) is 85.4 Å². The summed E-state index contributed by atoms with van der Waals surface area (Å²) in [6, 6.07) is 5.38. The summed E-state index contributed by atoms with van der Waals surface area (Å²) >= 11 is 0. The normalized spacial score (nSPS) is 23.1. The Morgan fingerprint density at radius 1 is 1.02 bits per heavy atom. The van der Waals surface area contributed by atoms with Crippen molar-refractivity contribution in [2.75, 3.05) is 18.8 Å². The number of terminal acetylenes is 1. The zero-order valence-electron chi connectivity index (χ0n) is 31.6. The van der Waals surface area contributed by atoms with Crippen molar-refractivity contribution in [2.24, 2.45) is 16.7 Å². The second-order valence-corrected chi connectivity index (χ2v) is 18.7. The number of hydrogen-bond donors (Lipinski definition) is 4. The molecule has 13 heteroatoms. The number of piperidine rings is 1. The van der Waals surface area contributed by atoms with Crippen LogP contribution in [0.4, 0.5) is 4.79 Å². The number of urea groups is 1. The minimum absolute atomic E-state index is 0.0160. The maximum absolute atomic E-state index is 14.7. The zero-order chi connectivity index (χ0) is 38.5. The van der Waals surface area contributed by atoms with Crippen LogP contribution in [-0.4, -0.2) is 84.9 Å². The lowest BCUT2D eigenvalue weighted by molar-refractivity contribution is -0.152. The van der Waals surface area contributed by atoms with Gasteiger partial charge in [-0.3, -0.25) is 19.2 Å². The van der Waals surface area contributed by atoms with Gasteiger partial charge in [-0.2, -0.15) is 0 Å². The molecule has 1 aromatic rings. The molecule has 4 atom stereocenters. The van der Waals surface area contributed by atoms with Crippen molar-refractivity contribution < 1.29 is 32.4 Å². The van der Waals surface area contributed by atoms with E-state index in [2.05, 4.69) is 41.0 Å². The molecule has 1 aliphatic heterocycles. The number of Topliss-reactive ketones (excluding diaryl/α,β-unsaturated/α-hetero) is 1. The SMILES string of the molecule is C#CCCNC(=O)C(=O)C(CCC)NC(=O)C12CC(CN1C(=O)[C@@H](NC(=O)NC1(CS(=O)(=O)c3ccccc3)CCCCC1)C(C)(C)C)C(C)(C)C2. The molecule has 2 aliphatic carbocycles. The molecule has 5 amide bonds. The number of fused-ring (bicyclic) bond motifs is 2. The summed E-state index contributed by atoms with van der Waals surface area (Å²) in [5.41, 5.74) is -3.40. The van der Waals surface area contributed by atoms with Gasteiger partial charge >= 0.3 is 6.03 Å². The Morgan fingerprint density at radius 3 is 2.25 bits per heavy atom. The summed E-state index contributed by atoms with van der Waals surface area (Å²) in [5, 5.41) is 11.3. The number of nitrogens with zero attached hydrogens (tertiary/aromatic N) is 1. The number of nitrogens with one attached hydrogen (secondary N) is 4. The van der Waals surface area contributed by atoms with Crippen LogP contribution >= 0.6 is 0 Å². The van der Waals surface area contributed by atoms with Crippen LogP contribution in [0, 0.1) is 29.1 Å². The Labute approximate surface area is 309 Å². The molecule has 2 bridgehead atoms. The molecule has 3 fully saturated rings. The second kappa shape index (κ2) is 16.0. The Bertz CT molecular complexity index is 1660. The van der Waals surface area contributed by atoms with Crippen molar-refractivity contribution in [2.45, 2.75) is 134 Å². The van der Waals surface area contributed by atoms with E-state index in [0.29, 0.717) is 32.1 Å². The van der Waals surface area contributed by atoms with Crippen molar-refractivity contribution in [3.05, 3.63) is 30.3 Å². The maximum atomic E-state index is 14.7. The van der Waals surface area contributed by atoms with E-state index < -0.39 is 67.9 Å². The predicted molar refractivity (Wildman–Crippen MR) is 198 cm³/mol. The lowest BCUT2D eigenvalue weighted by Gasteiger charge is -2.46. The van der Waals surface area contributed by atoms with Crippen molar-refractivity contribution in [1.29, 1.82) is 0 Å². The number of carbonyl (C=O) groups is 5. The van der Waals surface area contributed by atoms with Crippen LogP contribution in [-0.2, 0) is 29.0 Å². The van der Waals surface area contributed by atoms with Gasteiger partial charge < -0.3 is 26.2 Å². The highest BCUT2D eigenvalue weighted by molar-refractivity contribution is 7.91. The average molecular weight is 740 g/mol. The van der Waals surface area contributed by atoms with E-state index in [-0.39, 0.29) is 47.9 Å². The van der Waals surface area contributed by atoms with Gasteiger partial charge in [0.1, 0.15) is 11.6 Å². The van der Waals surface area contributed by atoms with E-state index in [9.17, 15) is 32.4 Å². The molecule has 3 unspecified atom stereocenters. The fourth-order valence-corrected chi connectivity index (χ4v) is 10.2. The smallest absolute Gasteiger partial charge is 0.315 e. The monoisotopic (exact) mass is 739 g/mol. The Hall–Kier alpha value is -3.92. The largest absolute Gasteiger partial charge is 0.348 e. The first kappa shape index (κ1) is 40.8. The molecule has 0 aromatic heterocycles. The number of likely N-dealkylation sites (tertiary alicyclic amines) is 1. The fraction of sp³-hybridized carbons (Fsp3) is 0.667. The molecule has 0 radical (unpaired) electrons. The maximum Gasteiger partial charge on any atom is 0.315 e. The van der Waals surface area contributed by atoms with E-state index in [4.69, 9.17) is 6.42 Å². The first-order valence-electron chi connectivity index (χ1n) is 18.6. The molecular formula is C39H57N5O7S. The van der Waals surface area contributed by atoms with E-state index in [0.717, 1.165) is 19.3 Å². The number of ketones is 1. The van der Waals surface area contributed by atoms with Gasteiger partial charge in [0.25, 0.3) is 5.91 Å². The summed E-state index contributed by atoms with van der Waals surface area (Å²) in [6.07, 6.45) is 10.4. The molecule has 1 saturated heterocycles. The standard InChI is InChI=1S/C39H57N5O7S/c1-8-10-22-40-32(46)30(45)29(17-9-2)41-34(48)39-23-27(37(6,7)25-39)24-44(39)33(47)31(36(3,4)5)42-35(49)43-38(20-15-12-16-21-38)26-52(50,51)28-18-13-11-14-19-28/h1,11,13-14,18-19,27,29,31H,9-10,12,15-17,20-26H2,2-7H3,(H,40,46)(H,41,48)(H2,42,43,49)/t27?,29?,31-,39?/m1/s1. The number of carbonyl (C=O) groups excluding carboxylic acids is 5. The van der Waals surface area contributed by atoms with E-state index in [1.54, 1.807) is 35.2 Å². The molecule has 0 spiro atoms. The predicted octanol–water partition coefficient (Wildman–Crippen LogP) is 3.89. The minimum atomic E-state index is -3.74. The molecule has 2 saturated carbocycles.